The number of likely N-dealkylation sites (N-methyl/N-ethyl adjacent to an activating group) is 1. The molecule has 0 radical (unpaired) electrons. The third-order valence-electron chi connectivity index (χ3n) is 6.57. The summed E-state index contributed by atoms with van der Waals surface area (Å²) in [6.45, 7) is 6.43. The predicted octanol–water partition coefficient (Wildman–Crippen LogP) is 2.86. The van der Waals surface area contributed by atoms with E-state index in [-0.39, 0.29) is 12.1 Å². The lowest BCUT2D eigenvalue weighted by molar-refractivity contribution is 0.111. The Hall–Kier alpha value is -2.57. The predicted molar refractivity (Wildman–Crippen MR) is 127 cm³/mol. The Balaban J connectivity index is 1.44. The van der Waals surface area contributed by atoms with Crippen LogP contribution in [0.1, 0.15) is 29.2 Å². The van der Waals surface area contributed by atoms with Crippen molar-refractivity contribution in [2.45, 2.75) is 25.4 Å². The number of carbonyl (C=O) groups is 1. The van der Waals surface area contributed by atoms with Gasteiger partial charge in [0.1, 0.15) is 0 Å². The second-order valence-corrected chi connectivity index (χ2v) is 8.82. The number of piperazine rings is 1. The van der Waals surface area contributed by atoms with E-state index in [0.717, 1.165) is 44.7 Å². The van der Waals surface area contributed by atoms with Gasteiger partial charge < -0.3 is 20.4 Å². The van der Waals surface area contributed by atoms with Crippen LogP contribution in [-0.2, 0) is 13.0 Å². The molecule has 2 N–H and O–H groups in total. The third kappa shape index (κ3) is 5.57. The lowest BCUT2D eigenvalue weighted by atomic mass is 9.95. The standard InChI is InChI=1S/C25H35N5O/c1-28-13-15-30(16-14-28)24(19-27-25(31)26-18-20-7-4-3-5-8-20)22-10-11-23-21(17-22)9-6-12-29(23)2/h3-5,7-8,10-11,17,24H,6,9,12-16,18-19H2,1-2H3,(H2,26,27,31)/t24-/m1/s1. The van der Waals surface area contributed by atoms with Crippen LogP contribution in [0.3, 0.4) is 0 Å². The summed E-state index contributed by atoms with van der Waals surface area (Å²) in [5.74, 6) is 0. The molecule has 31 heavy (non-hydrogen) atoms. The minimum atomic E-state index is -0.110. The Morgan fingerprint density at radius 3 is 2.52 bits per heavy atom. The molecule has 0 saturated carbocycles. The molecule has 0 bridgehead atoms. The van der Waals surface area contributed by atoms with Crippen molar-refractivity contribution in [2.75, 3.05) is 58.3 Å². The normalized spacial score (nSPS) is 18.3. The van der Waals surface area contributed by atoms with Gasteiger partial charge in [0, 0.05) is 58.5 Å². The van der Waals surface area contributed by atoms with Crippen LogP contribution in [0, 0.1) is 0 Å². The van der Waals surface area contributed by atoms with Gasteiger partial charge in [-0.2, -0.15) is 0 Å². The van der Waals surface area contributed by atoms with Gasteiger partial charge in [0.25, 0.3) is 0 Å². The van der Waals surface area contributed by atoms with Crippen LogP contribution in [0.2, 0.25) is 0 Å². The average Bonchev–Trinajstić information content (AvgIpc) is 2.80. The van der Waals surface area contributed by atoms with Gasteiger partial charge in [0.05, 0.1) is 6.04 Å². The van der Waals surface area contributed by atoms with Gasteiger partial charge in [0.2, 0.25) is 0 Å². The summed E-state index contributed by atoms with van der Waals surface area (Å²) in [6.07, 6.45) is 2.33. The maximum atomic E-state index is 12.5. The fourth-order valence-corrected chi connectivity index (χ4v) is 4.63. The van der Waals surface area contributed by atoms with Crippen molar-refractivity contribution in [3.8, 4) is 0 Å². The van der Waals surface area contributed by atoms with E-state index in [1.54, 1.807) is 0 Å². The largest absolute Gasteiger partial charge is 0.374 e. The summed E-state index contributed by atoms with van der Waals surface area (Å²) in [7, 11) is 4.35. The molecule has 6 nitrogen and oxygen atoms in total. The average molecular weight is 422 g/mol. The first-order valence-corrected chi connectivity index (χ1v) is 11.4. The first-order valence-electron chi connectivity index (χ1n) is 11.4. The van der Waals surface area contributed by atoms with E-state index in [1.807, 2.05) is 30.3 Å². The van der Waals surface area contributed by atoms with Gasteiger partial charge >= 0.3 is 6.03 Å². The van der Waals surface area contributed by atoms with E-state index in [2.05, 4.69) is 57.6 Å². The molecular formula is C25H35N5O. The Morgan fingerprint density at radius 1 is 0.968 bits per heavy atom. The molecule has 2 aliphatic rings. The summed E-state index contributed by atoms with van der Waals surface area (Å²) < 4.78 is 0. The monoisotopic (exact) mass is 421 g/mol. The molecule has 0 aromatic heterocycles. The number of rotatable bonds is 6. The van der Waals surface area contributed by atoms with Gasteiger partial charge in [-0.25, -0.2) is 4.79 Å². The molecule has 1 saturated heterocycles. The first kappa shape index (κ1) is 21.7. The van der Waals surface area contributed by atoms with Crippen LogP contribution in [-0.4, -0.2) is 69.2 Å². The topological polar surface area (TPSA) is 50.9 Å². The molecule has 2 amide bonds. The Bertz CT molecular complexity index is 863. The van der Waals surface area contributed by atoms with Crippen molar-refractivity contribution < 1.29 is 4.79 Å². The molecule has 0 unspecified atom stereocenters. The van der Waals surface area contributed by atoms with Gasteiger partial charge in [-0.15, -0.1) is 0 Å². The minimum Gasteiger partial charge on any atom is -0.374 e. The summed E-state index contributed by atoms with van der Waals surface area (Å²) >= 11 is 0. The number of amides is 2. The van der Waals surface area contributed by atoms with E-state index in [9.17, 15) is 4.79 Å². The Labute approximate surface area is 186 Å². The number of aryl methyl sites for hydroxylation is 1. The van der Waals surface area contributed by atoms with Crippen molar-refractivity contribution >= 4 is 11.7 Å². The number of nitrogens with one attached hydrogen (secondary N) is 2. The van der Waals surface area contributed by atoms with Crippen molar-refractivity contribution in [3.05, 3.63) is 65.2 Å². The zero-order valence-corrected chi connectivity index (χ0v) is 18.8. The SMILES string of the molecule is CN1CCN([C@H](CNC(=O)NCc2ccccc2)c2ccc3c(c2)CCCN3C)CC1. The third-order valence-corrected chi connectivity index (χ3v) is 6.57. The van der Waals surface area contributed by atoms with Crippen molar-refractivity contribution in [1.29, 1.82) is 0 Å². The molecule has 2 aromatic rings. The molecule has 1 fully saturated rings. The molecule has 166 valence electrons. The van der Waals surface area contributed by atoms with Crippen molar-refractivity contribution in [3.63, 3.8) is 0 Å². The molecule has 6 heteroatoms. The van der Waals surface area contributed by atoms with Gasteiger partial charge in [-0.05, 0) is 42.6 Å². The summed E-state index contributed by atoms with van der Waals surface area (Å²) in [4.78, 5) is 19.7. The second-order valence-electron chi connectivity index (χ2n) is 8.82. The minimum absolute atomic E-state index is 0.110. The quantitative estimate of drug-likeness (QED) is 0.753. The lowest BCUT2D eigenvalue weighted by Crippen LogP contribution is -2.49. The van der Waals surface area contributed by atoms with Crippen LogP contribution in [0.5, 0.6) is 0 Å². The number of urea groups is 1. The zero-order valence-electron chi connectivity index (χ0n) is 18.8. The van der Waals surface area contributed by atoms with E-state index in [4.69, 9.17) is 0 Å². The van der Waals surface area contributed by atoms with Gasteiger partial charge in [-0.1, -0.05) is 42.5 Å². The smallest absolute Gasteiger partial charge is 0.315 e. The Morgan fingerprint density at radius 2 is 1.74 bits per heavy atom. The number of benzene rings is 2. The molecule has 2 aliphatic heterocycles. The molecular weight excluding hydrogens is 386 g/mol. The zero-order chi connectivity index (χ0) is 21.6. The van der Waals surface area contributed by atoms with Crippen molar-refractivity contribution in [2.24, 2.45) is 0 Å². The summed E-state index contributed by atoms with van der Waals surface area (Å²) in [5, 5.41) is 6.12. The highest BCUT2D eigenvalue weighted by molar-refractivity contribution is 5.73. The molecule has 1 atom stereocenters. The second kappa shape index (κ2) is 10.2. The number of carbonyl (C=O) groups excluding carboxylic acids is 1. The maximum Gasteiger partial charge on any atom is 0.315 e. The molecule has 2 heterocycles. The van der Waals surface area contributed by atoms with Crippen LogP contribution >= 0.6 is 0 Å². The number of anilines is 1. The van der Waals surface area contributed by atoms with E-state index in [1.165, 1.54) is 23.2 Å². The highest BCUT2D eigenvalue weighted by Crippen LogP contribution is 2.31. The van der Waals surface area contributed by atoms with E-state index in [0.29, 0.717) is 13.1 Å². The number of fused-ring (bicyclic) bond motifs is 1. The summed E-state index contributed by atoms with van der Waals surface area (Å²) in [5.41, 5.74) is 5.19. The van der Waals surface area contributed by atoms with Crippen LogP contribution in [0.15, 0.2) is 48.5 Å². The molecule has 4 rings (SSSR count). The Kier molecular flexibility index (Phi) is 7.10. The number of hydrogen-bond donors (Lipinski definition) is 2. The van der Waals surface area contributed by atoms with Crippen LogP contribution in [0.25, 0.3) is 0 Å². The van der Waals surface area contributed by atoms with Crippen molar-refractivity contribution in [1.82, 2.24) is 20.4 Å². The maximum absolute atomic E-state index is 12.5. The molecule has 0 aliphatic carbocycles. The van der Waals surface area contributed by atoms with E-state index < -0.39 is 0 Å². The lowest BCUT2D eigenvalue weighted by Gasteiger charge is -2.39. The van der Waals surface area contributed by atoms with Crippen LogP contribution in [0.4, 0.5) is 10.5 Å². The fraction of sp³-hybridized carbons (Fsp3) is 0.480. The molecule has 2 aromatic carbocycles. The highest BCUT2D eigenvalue weighted by atomic mass is 16.2. The molecule has 0 spiro atoms. The van der Waals surface area contributed by atoms with E-state index >= 15 is 0 Å². The van der Waals surface area contributed by atoms with Gasteiger partial charge in [0.15, 0.2) is 0 Å². The number of hydrogen-bond acceptors (Lipinski definition) is 4. The first-order chi connectivity index (χ1) is 15.1. The van der Waals surface area contributed by atoms with Crippen LogP contribution < -0.4 is 15.5 Å². The number of nitrogens with zero attached hydrogens (tertiary/aromatic N) is 3. The van der Waals surface area contributed by atoms with Gasteiger partial charge in [-0.3, -0.25) is 4.90 Å². The highest BCUT2D eigenvalue weighted by Gasteiger charge is 2.26. The fourth-order valence-electron chi connectivity index (χ4n) is 4.63. The summed E-state index contributed by atoms with van der Waals surface area (Å²) in [6, 6.07) is 17.0.